The Morgan fingerprint density at radius 3 is 2.57 bits per heavy atom. The maximum absolute atomic E-state index is 5.96. The summed E-state index contributed by atoms with van der Waals surface area (Å²) in [5.74, 6) is 1.40. The van der Waals surface area contributed by atoms with Crippen LogP contribution < -0.4 is 10.1 Å². The predicted molar refractivity (Wildman–Crippen MR) is 86.5 cm³/mol. The van der Waals surface area contributed by atoms with Crippen LogP contribution in [0.15, 0.2) is 42.5 Å². The first-order valence-corrected chi connectivity index (χ1v) is 7.58. The van der Waals surface area contributed by atoms with Crippen molar-refractivity contribution in [1.29, 1.82) is 0 Å². The third kappa shape index (κ3) is 4.57. The summed E-state index contributed by atoms with van der Waals surface area (Å²) in [6.07, 6.45) is 0. The number of hydrogen-bond acceptors (Lipinski definition) is 3. The Kier molecular flexibility index (Phi) is 5.76. The second-order valence-corrected chi connectivity index (χ2v) is 5.38. The van der Waals surface area contributed by atoms with Gasteiger partial charge in [-0.3, -0.25) is 4.98 Å². The molecule has 0 atom stereocenters. The van der Waals surface area contributed by atoms with Gasteiger partial charge in [0.05, 0.1) is 11.4 Å². The minimum atomic E-state index is 0.453. The molecule has 0 aliphatic heterocycles. The molecule has 0 aliphatic rings. The zero-order valence-electron chi connectivity index (χ0n) is 13.1. The van der Waals surface area contributed by atoms with E-state index < -0.39 is 0 Å². The van der Waals surface area contributed by atoms with Crippen LogP contribution >= 0.6 is 0 Å². The molecule has 1 N–H and O–H groups in total. The van der Waals surface area contributed by atoms with Crippen LogP contribution in [-0.4, -0.2) is 11.5 Å². The number of ether oxygens (including phenoxy) is 1. The number of hydrogen-bond donors (Lipinski definition) is 1. The molecule has 1 heterocycles. The van der Waals surface area contributed by atoms with Gasteiger partial charge in [-0.15, -0.1) is 0 Å². The molecule has 2 rings (SSSR count). The molecule has 0 spiro atoms. The molecule has 0 aliphatic carbocycles. The number of aromatic nitrogens is 1. The lowest BCUT2D eigenvalue weighted by atomic mass is 10.0. The van der Waals surface area contributed by atoms with E-state index in [0.29, 0.717) is 12.5 Å². The van der Waals surface area contributed by atoms with Crippen LogP contribution in [0.5, 0.6) is 5.75 Å². The molecule has 0 amide bonds. The van der Waals surface area contributed by atoms with Gasteiger partial charge in [-0.1, -0.05) is 45.0 Å². The third-order valence-corrected chi connectivity index (χ3v) is 3.34. The Morgan fingerprint density at radius 2 is 1.81 bits per heavy atom. The van der Waals surface area contributed by atoms with E-state index in [2.05, 4.69) is 43.2 Å². The third-order valence-electron chi connectivity index (χ3n) is 3.34. The average molecular weight is 284 g/mol. The van der Waals surface area contributed by atoms with E-state index in [1.165, 1.54) is 5.56 Å². The molecule has 0 fully saturated rings. The van der Waals surface area contributed by atoms with Crippen LogP contribution in [-0.2, 0) is 13.2 Å². The summed E-state index contributed by atoms with van der Waals surface area (Å²) < 4.78 is 5.96. The lowest BCUT2D eigenvalue weighted by Crippen LogP contribution is -2.13. The topological polar surface area (TPSA) is 34.1 Å². The zero-order valence-corrected chi connectivity index (χ0v) is 13.1. The van der Waals surface area contributed by atoms with Crippen molar-refractivity contribution < 1.29 is 4.74 Å². The van der Waals surface area contributed by atoms with Crippen molar-refractivity contribution >= 4 is 0 Å². The molecule has 0 unspecified atom stereocenters. The fraction of sp³-hybridized carbons (Fsp3) is 0.389. The normalized spacial score (nSPS) is 10.9. The summed E-state index contributed by atoms with van der Waals surface area (Å²) in [5, 5.41) is 3.29. The van der Waals surface area contributed by atoms with E-state index in [-0.39, 0.29) is 0 Å². The van der Waals surface area contributed by atoms with Crippen LogP contribution in [0.3, 0.4) is 0 Å². The highest BCUT2D eigenvalue weighted by molar-refractivity contribution is 5.35. The number of pyridine rings is 1. The zero-order chi connectivity index (χ0) is 15.1. The number of nitrogens with one attached hydrogen (secondary N) is 1. The number of benzene rings is 1. The average Bonchev–Trinajstić information content (AvgIpc) is 2.51. The van der Waals surface area contributed by atoms with Crippen molar-refractivity contribution in [3.63, 3.8) is 0 Å². The standard InChI is InChI=1S/C18H24N2O/c1-4-19-12-15-8-7-9-16(20-15)13-21-18-11-6-5-10-17(18)14(2)3/h5-11,14,19H,4,12-13H2,1-3H3. The van der Waals surface area contributed by atoms with Crippen LogP contribution in [0.1, 0.15) is 43.6 Å². The van der Waals surface area contributed by atoms with Crippen LogP contribution in [0.2, 0.25) is 0 Å². The summed E-state index contributed by atoms with van der Waals surface area (Å²) in [6, 6.07) is 14.3. The van der Waals surface area contributed by atoms with Gasteiger partial charge in [0, 0.05) is 6.54 Å². The quantitative estimate of drug-likeness (QED) is 0.837. The predicted octanol–water partition coefficient (Wildman–Crippen LogP) is 3.89. The second kappa shape index (κ2) is 7.79. The first kappa shape index (κ1) is 15.5. The molecular weight excluding hydrogens is 260 g/mol. The molecule has 0 saturated heterocycles. The van der Waals surface area contributed by atoms with Crippen LogP contribution in [0.25, 0.3) is 0 Å². The maximum Gasteiger partial charge on any atom is 0.130 e. The van der Waals surface area contributed by atoms with E-state index in [9.17, 15) is 0 Å². The molecule has 1 aromatic carbocycles. The van der Waals surface area contributed by atoms with Crippen molar-refractivity contribution in [3.05, 3.63) is 59.4 Å². The Hall–Kier alpha value is -1.87. The molecule has 3 nitrogen and oxygen atoms in total. The molecule has 2 aromatic rings. The minimum absolute atomic E-state index is 0.453. The van der Waals surface area contributed by atoms with Crippen LogP contribution in [0, 0.1) is 0 Å². The summed E-state index contributed by atoms with van der Waals surface area (Å²) in [4.78, 5) is 4.61. The molecule has 0 radical (unpaired) electrons. The monoisotopic (exact) mass is 284 g/mol. The lowest BCUT2D eigenvalue weighted by molar-refractivity contribution is 0.296. The molecule has 0 bridgehead atoms. The van der Waals surface area contributed by atoms with Crippen molar-refractivity contribution in [2.75, 3.05) is 6.54 Å². The van der Waals surface area contributed by atoms with Gasteiger partial charge in [-0.25, -0.2) is 0 Å². The van der Waals surface area contributed by atoms with Crippen molar-refractivity contribution in [2.24, 2.45) is 0 Å². The molecule has 21 heavy (non-hydrogen) atoms. The Morgan fingerprint density at radius 1 is 1.05 bits per heavy atom. The summed E-state index contributed by atoms with van der Waals surface area (Å²) in [5.41, 5.74) is 3.25. The summed E-state index contributed by atoms with van der Waals surface area (Å²) >= 11 is 0. The van der Waals surface area contributed by atoms with E-state index >= 15 is 0 Å². The fourth-order valence-electron chi connectivity index (χ4n) is 2.20. The van der Waals surface area contributed by atoms with Gasteiger partial charge >= 0.3 is 0 Å². The summed E-state index contributed by atoms with van der Waals surface area (Å²) in [7, 11) is 0. The van der Waals surface area contributed by atoms with E-state index in [1.54, 1.807) is 0 Å². The lowest BCUT2D eigenvalue weighted by Gasteiger charge is -2.14. The first-order valence-electron chi connectivity index (χ1n) is 7.58. The highest BCUT2D eigenvalue weighted by Gasteiger charge is 2.07. The van der Waals surface area contributed by atoms with Crippen molar-refractivity contribution in [2.45, 2.75) is 39.8 Å². The van der Waals surface area contributed by atoms with Gasteiger partial charge in [-0.05, 0) is 36.2 Å². The fourth-order valence-corrected chi connectivity index (χ4v) is 2.20. The number of rotatable bonds is 7. The number of nitrogens with zero attached hydrogens (tertiary/aromatic N) is 1. The van der Waals surface area contributed by atoms with Gasteiger partial charge < -0.3 is 10.1 Å². The van der Waals surface area contributed by atoms with Gasteiger partial charge in [0.1, 0.15) is 12.4 Å². The number of para-hydroxylation sites is 1. The molecule has 1 aromatic heterocycles. The summed E-state index contributed by atoms with van der Waals surface area (Å²) in [6.45, 7) is 8.70. The largest absolute Gasteiger partial charge is 0.487 e. The minimum Gasteiger partial charge on any atom is -0.487 e. The Labute approximate surface area is 127 Å². The van der Waals surface area contributed by atoms with E-state index in [4.69, 9.17) is 4.74 Å². The highest BCUT2D eigenvalue weighted by atomic mass is 16.5. The smallest absolute Gasteiger partial charge is 0.130 e. The van der Waals surface area contributed by atoms with Crippen molar-refractivity contribution in [1.82, 2.24) is 10.3 Å². The van der Waals surface area contributed by atoms with Crippen LogP contribution in [0.4, 0.5) is 0 Å². The molecule has 0 saturated carbocycles. The Bertz CT molecular complexity index is 567. The molecular formula is C18H24N2O. The molecule has 112 valence electrons. The van der Waals surface area contributed by atoms with E-state index in [1.807, 2.05) is 30.3 Å². The van der Waals surface area contributed by atoms with E-state index in [0.717, 1.165) is 30.2 Å². The second-order valence-electron chi connectivity index (χ2n) is 5.38. The van der Waals surface area contributed by atoms with Gasteiger partial charge in [0.2, 0.25) is 0 Å². The Balaban J connectivity index is 2.03. The van der Waals surface area contributed by atoms with Gasteiger partial charge in [-0.2, -0.15) is 0 Å². The SMILES string of the molecule is CCNCc1cccc(COc2ccccc2C(C)C)n1. The van der Waals surface area contributed by atoms with Crippen molar-refractivity contribution in [3.8, 4) is 5.75 Å². The maximum atomic E-state index is 5.96. The van der Waals surface area contributed by atoms with Gasteiger partial charge in [0.15, 0.2) is 0 Å². The molecule has 3 heteroatoms. The first-order chi connectivity index (χ1) is 10.2. The van der Waals surface area contributed by atoms with Gasteiger partial charge in [0.25, 0.3) is 0 Å². The highest BCUT2D eigenvalue weighted by Crippen LogP contribution is 2.26.